The predicted octanol–water partition coefficient (Wildman–Crippen LogP) is 4.39. The summed E-state index contributed by atoms with van der Waals surface area (Å²) in [7, 11) is 0. The number of halogens is 3. The second kappa shape index (κ2) is 9.07. The number of aromatic nitrogens is 2. The fraction of sp³-hybridized carbons (Fsp3) is 0.150. The first-order valence-electron chi connectivity index (χ1n) is 8.69. The molecule has 0 atom stereocenters. The van der Waals surface area contributed by atoms with E-state index in [4.69, 9.17) is 23.2 Å². The predicted molar refractivity (Wildman–Crippen MR) is 110 cm³/mol. The maximum Gasteiger partial charge on any atom is 0.252 e. The maximum atomic E-state index is 13.1. The molecular formula is C20H17Cl2FN4O2. The molecule has 150 valence electrons. The van der Waals surface area contributed by atoms with Crippen molar-refractivity contribution >= 4 is 40.8 Å². The van der Waals surface area contributed by atoms with E-state index in [-0.39, 0.29) is 29.5 Å². The first kappa shape index (κ1) is 20.8. The number of rotatable bonds is 6. The van der Waals surface area contributed by atoms with Crippen molar-refractivity contribution in [2.75, 3.05) is 11.9 Å². The maximum absolute atomic E-state index is 13.1. The molecule has 1 aromatic heterocycles. The second-order valence-corrected chi connectivity index (χ2v) is 7.08. The van der Waals surface area contributed by atoms with Gasteiger partial charge in [0, 0.05) is 24.1 Å². The molecule has 3 aromatic rings. The molecular weight excluding hydrogens is 418 g/mol. The number of amides is 2. The minimum atomic E-state index is -0.530. The molecule has 1 heterocycles. The number of hydrogen-bond donors (Lipinski definition) is 2. The van der Waals surface area contributed by atoms with Crippen molar-refractivity contribution in [3.63, 3.8) is 0 Å². The van der Waals surface area contributed by atoms with E-state index >= 15 is 0 Å². The van der Waals surface area contributed by atoms with Crippen molar-refractivity contribution in [2.24, 2.45) is 0 Å². The van der Waals surface area contributed by atoms with Gasteiger partial charge in [0.25, 0.3) is 5.91 Å². The van der Waals surface area contributed by atoms with Gasteiger partial charge in [-0.05, 0) is 43.3 Å². The summed E-state index contributed by atoms with van der Waals surface area (Å²) in [6.07, 6.45) is 0.0321. The van der Waals surface area contributed by atoms with Crippen molar-refractivity contribution in [2.45, 2.75) is 13.3 Å². The first-order valence-corrected chi connectivity index (χ1v) is 9.45. The lowest BCUT2D eigenvalue weighted by Crippen LogP contribution is -2.28. The Morgan fingerprint density at radius 2 is 1.93 bits per heavy atom. The van der Waals surface area contributed by atoms with E-state index in [1.54, 1.807) is 28.9 Å². The quantitative estimate of drug-likeness (QED) is 0.603. The number of anilines is 1. The van der Waals surface area contributed by atoms with E-state index in [1.807, 2.05) is 13.0 Å². The van der Waals surface area contributed by atoms with Crippen LogP contribution in [0.5, 0.6) is 0 Å². The summed E-state index contributed by atoms with van der Waals surface area (Å²) < 4.78 is 14.7. The number of benzene rings is 2. The Bertz CT molecular complexity index is 1070. The highest BCUT2D eigenvalue weighted by molar-refractivity contribution is 6.33. The zero-order chi connectivity index (χ0) is 21.0. The Labute approximate surface area is 176 Å². The molecule has 0 bridgehead atoms. The highest BCUT2D eigenvalue weighted by Gasteiger charge is 2.13. The Morgan fingerprint density at radius 1 is 1.14 bits per heavy atom. The SMILES string of the molecule is Cc1cc(NC(=O)CCNC(=O)c2ccc(F)cc2Cl)n(-c2cccc(Cl)c2)n1. The molecule has 0 radical (unpaired) electrons. The average molecular weight is 435 g/mol. The van der Waals surface area contributed by atoms with E-state index in [9.17, 15) is 14.0 Å². The zero-order valence-corrected chi connectivity index (χ0v) is 16.9. The number of carbonyl (C=O) groups is 2. The second-order valence-electron chi connectivity index (χ2n) is 6.24. The van der Waals surface area contributed by atoms with Crippen LogP contribution in [0.2, 0.25) is 10.0 Å². The van der Waals surface area contributed by atoms with Crippen LogP contribution in [0.4, 0.5) is 10.2 Å². The number of hydrogen-bond acceptors (Lipinski definition) is 3. The van der Waals surface area contributed by atoms with Gasteiger partial charge in [0.05, 0.1) is 22.0 Å². The van der Waals surface area contributed by atoms with Crippen LogP contribution in [0, 0.1) is 12.7 Å². The zero-order valence-electron chi connectivity index (χ0n) is 15.4. The van der Waals surface area contributed by atoms with Crippen molar-refractivity contribution in [1.29, 1.82) is 0 Å². The lowest BCUT2D eigenvalue weighted by Gasteiger charge is -2.10. The van der Waals surface area contributed by atoms with Gasteiger partial charge in [0.1, 0.15) is 11.6 Å². The smallest absolute Gasteiger partial charge is 0.252 e. The Morgan fingerprint density at radius 3 is 2.66 bits per heavy atom. The van der Waals surface area contributed by atoms with Crippen molar-refractivity contribution in [3.05, 3.63) is 75.7 Å². The molecule has 0 saturated carbocycles. The lowest BCUT2D eigenvalue weighted by molar-refractivity contribution is -0.116. The lowest BCUT2D eigenvalue weighted by atomic mass is 10.2. The number of carbonyl (C=O) groups excluding carboxylic acids is 2. The third kappa shape index (κ3) is 5.34. The van der Waals surface area contributed by atoms with Crippen LogP contribution >= 0.6 is 23.2 Å². The van der Waals surface area contributed by atoms with Gasteiger partial charge in [0.2, 0.25) is 5.91 Å². The molecule has 6 nitrogen and oxygen atoms in total. The van der Waals surface area contributed by atoms with E-state index in [1.165, 1.54) is 6.07 Å². The average Bonchev–Trinajstić information content (AvgIpc) is 3.01. The minimum absolute atomic E-state index is 0.00727. The van der Waals surface area contributed by atoms with Gasteiger partial charge in [-0.25, -0.2) is 9.07 Å². The van der Waals surface area contributed by atoms with Gasteiger partial charge in [-0.1, -0.05) is 29.3 Å². The van der Waals surface area contributed by atoms with Crippen molar-refractivity contribution < 1.29 is 14.0 Å². The Balaban J connectivity index is 1.60. The van der Waals surface area contributed by atoms with Crippen LogP contribution < -0.4 is 10.6 Å². The number of aryl methyl sites for hydroxylation is 1. The summed E-state index contributed by atoms with van der Waals surface area (Å²) in [5, 5.41) is 10.3. The standard InChI is InChI=1S/C20H17Cl2FN4O2/c1-12-9-18(27(26-12)15-4-2-3-13(21)10-15)25-19(28)7-8-24-20(29)16-6-5-14(23)11-17(16)22/h2-6,9-11H,7-8H2,1H3,(H,24,29)(H,25,28). The number of nitrogens with zero attached hydrogens (tertiary/aromatic N) is 2. The van der Waals surface area contributed by atoms with E-state index < -0.39 is 11.7 Å². The van der Waals surface area contributed by atoms with Crippen LogP contribution in [0.25, 0.3) is 5.69 Å². The summed E-state index contributed by atoms with van der Waals surface area (Å²) >= 11 is 11.9. The van der Waals surface area contributed by atoms with Crippen LogP contribution in [0.3, 0.4) is 0 Å². The summed E-state index contributed by atoms with van der Waals surface area (Å²) in [6.45, 7) is 1.89. The van der Waals surface area contributed by atoms with Crippen LogP contribution in [0.1, 0.15) is 22.5 Å². The number of nitrogens with one attached hydrogen (secondary N) is 2. The highest BCUT2D eigenvalue weighted by atomic mass is 35.5. The van der Waals surface area contributed by atoms with E-state index in [0.29, 0.717) is 16.5 Å². The van der Waals surface area contributed by atoms with Gasteiger partial charge in [0.15, 0.2) is 0 Å². The van der Waals surface area contributed by atoms with Crippen molar-refractivity contribution in [1.82, 2.24) is 15.1 Å². The minimum Gasteiger partial charge on any atom is -0.351 e. The molecule has 0 spiro atoms. The largest absolute Gasteiger partial charge is 0.351 e. The van der Waals surface area contributed by atoms with Gasteiger partial charge >= 0.3 is 0 Å². The normalized spacial score (nSPS) is 10.6. The summed E-state index contributed by atoms with van der Waals surface area (Å²) in [6, 6.07) is 12.3. The topological polar surface area (TPSA) is 76.0 Å². The van der Waals surface area contributed by atoms with Crippen molar-refractivity contribution in [3.8, 4) is 5.69 Å². The molecule has 0 aliphatic heterocycles. The van der Waals surface area contributed by atoms with E-state index in [2.05, 4.69) is 15.7 Å². The molecule has 29 heavy (non-hydrogen) atoms. The molecule has 2 amide bonds. The Kier molecular flexibility index (Phi) is 6.51. The molecule has 3 rings (SSSR count). The van der Waals surface area contributed by atoms with Gasteiger partial charge in [-0.2, -0.15) is 5.10 Å². The molecule has 0 aliphatic rings. The third-order valence-electron chi connectivity index (χ3n) is 3.97. The van der Waals surface area contributed by atoms with Crippen LogP contribution in [-0.2, 0) is 4.79 Å². The highest BCUT2D eigenvalue weighted by Crippen LogP contribution is 2.20. The monoisotopic (exact) mass is 434 g/mol. The molecule has 2 N–H and O–H groups in total. The molecule has 0 saturated heterocycles. The molecule has 9 heteroatoms. The molecule has 2 aromatic carbocycles. The van der Waals surface area contributed by atoms with Crippen LogP contribution in [0.15, 0.2) is 48.5 Å². The van der Waals surface area contributed by atoms with Gasteiger partial charge in [-0.15, -0.1) is 0 Å². The molecule has 0 fully saturated rings. The van der Waals surface area contributed by atoms with Gasteiger partial charge < -0.3 is 10.6 Å². The summed E-state index contributed by atoms with van der Waals surface area (Å²) in [5.41, 5.74) is 1.57. The van der Waals surface area contributed by atoms with E-state index in [0.717, 1.165) is 17.8 Å². The molecule has 0 unspecified atom stereocenters. The summed E-state index contributed by atoms with van der Waals surface area (Å²) in [4.78, 5) is 24.4. The third-order valence-corrected chi connectivity index (χ3v) is 4.51. The molecule has 0 aliphatic carbocycles. The summed E-state index contributed by atoms with van der Waals surface area (Å²) in [5.74, 6) is -0.832. The first-order chi connectivity index (χ1) is 13.8. The van der Waals surface area contributed by atoms with Crippen LogP contribution in [-0.4, -0.2) is 28.1 Å². The fourth-order valence-electron chi connectivity index (χ4n) is 2.66. The van der Waals surface area contributed by atoms with Gasteiger partial charge in [-0.3, -0.25) is 9.59 Å². The Hall–Kier alpha value is -2.90. The fourth-order valence-corrected chi connectivity index (χ4v) is 3.09.